The highest BCUT2D eigenvalue weighted by Gasteiger charge is 2.37. The minimum absolute atomic E-state index is 0.0575. The zero-order chi connectivity index (χ0) is 22.0. The van der Waals surface area contributed by atoms with Gasteiger partial charge in [-0.15, -0.1) is 0 Å². The summed E-state index contributed by atoms with van der Waals surface area (Å²) in [6.45, 7) is 4.81. The van der Waals surface area contributed by atoms with Gasteiger partial charge in [-0.25, -0.2) is 0 Å². The third-order valence-corrected chi connectivity index (χ3v) is 5.86. The number of nitrogen functional groups attached to an aromatic ring is 1. The molecule has 0 bridgehead atoms. The number of anilines is 1. The molecular formula is C25H26N4O2. The second-order valence-corrected chi connectivity index (χ2v) is 7.78. The number of phenolic OH excluding ortho intramolecular Hbond substituents is 1. The fourth-order valence-electron chi connectivity index (χ4n) is 4.26. The fraction of sp³-hybridized carbons (Fsp3) is 0.160. The van der Waals surface area contributed by atoms with E-state index in [-0.39, 0.29) is 23.5 Å². The number of H-pyrrole nitrogens is 1. The molecule has 2 heterocycles. The van der Waals surface area contributed by atoms with Crippen LogP contribution in [0.25, 0.3) is 11.8 Å². The third kappa shape index (κ3) is 4.05. The molecule has 4 rings (SSSR count). The van der Waals surface area contributed by atoms with Crippen molar-refractivity contribution in [1.29, 1.82) is 0 Å². The van der Waals surface area contributed by atoms with Crippen LogP contribution >= 0.6 is 0 Å². The van der Waals surface area contributed by atoms with E-state index < -0.39 is 0 Å². The second kappa shape index (κ2) is 8.44. The monoisotopic (exact) mass is 414 g/mol. The van der Waals surface area contributed by atoms with Crippen LogP contribution in [0.3, 0.4) is 0 Å². The molecule has 2 atom stereocenters. The first-order valence-corrected chi connectivity index (χ1v) is 10.2. The average molecular weight is 415 g/mol. The van der Waals surface area contributed by atoms with Gasteiger partial charge in [0.2, 0.25) is 5.91 Å². The van der Waals surface area contributed by atoms with Gasteiger partial charge in [-0.3, -0.25) is 4.79 Å². The number of rotatable bonds is 5. The van der Waals surface area contributed by atoms with E-state index in [1.54, 1.807) is 24.3 Å². The van der Waals surface area contributed by atoms with Gasteiger partial charge in [-0.05, 0) is 35.9 Å². The molecule has 3 aromatic rings. The lowest BCUT2D eigenvalue weighted by Crippen LogP contribution is -2.26. The summed E-state index contributed by atoms with van der Waals surface area (Å²) >= 11 is 0. The highest BCUT2D eigenvalue weighted by Crippen LogP contribution is 2.40. The topological polar surface area (TPSA) is 108 Å². The van der Waals surface area contributed by atoms with Crippen LogP contribution in [-0.4, -0.2) is 34.0 Å². The summed E-state index contributed by atoms with van der Waals surface area (Å²) in [7, 11) is 0. The number of aromatic nitrogens is 1. The van der Waals surface area contributed by atoms with Gasteiger partial charge in [0, 0.05) is 47.4 Å². The number of nitrogens with two attached hydrogens (primary N) is 2. The lowest BCUT2D eigenvalue weighted by atomic mass is 9.87. The van der Waals surface area contributed by atoms with E-state index in [4.69, 9.17) is 11.5 Å². The summed E-state index contributed by atoms with van der Waals surface area (Å²) in [4.78, 5) is 17.4. The van der Waals surface area contributed by atoms with Gasteiger partial charge < -0.3 is 26.5 Å². The van der Waals surface area contributed by atoms with E-state index in [0.29, 0.717) is 30.2 Å². The molecule has 0 radical (unpaired) electrons. The molecule has 6 nitrogen and oxygen atoms in total. The van der Waals surface area contributed by atoms with E-state index in [9.17, 15) is 9.90 Å². The Balaban J connectivity index is 1.68. The van der Waals surface area contributed by atoms with Crippen molar-refractivity contribution in [3.05, 3.63) is 95.7 Å². The number of amides is 1. The SMILES string of the molecule is C=CC(=O)N1CC(c2ccccc2)C(c2cc(/C=C(\N)c3ccccc3O)c(N)[nH]2)C1. The number of phenols is 1. The van der Waals surface area contributed by atoms with Crippen LogP contribution in [0.4, 0.5) is 5.82 Å². The molecule has 1 fully saturated rings. The van der Waals surface area contributed by atoms with Crippen molar-refractivity contribution in [3.63, 3.8) is 0 Å². The van der Waals surface area contributed by atoms with Gasteiger partial charge >= 0.3 is 0 Å². The molecule has 31 heavy (non-hydrogen) atoms. The zero-order valence-corrected chi connectivity index (χ0v) is 17.2. The Morgan fingerprint density at radius 1 is 1.10 bits per heavy atom. The van der Waals surface area contributed by atoms with Gasteiger partial charge in [-0.1, -0.05) is 49.0 Å². The molecule has 2 aromatic carbocycles. The number of benzene rings is 2. The van der Waals surface area contributed by atoms with Crippen LogP contribution in [0.5, 0.6) is 5.75 Å². The third-order valence-electron chi connectivity index (χ3n) is 5.86. The zero-order valence-electron chi connectivity index (χ0n) is 17.2. The molecule has 6 heteroatoms. The predicted molar refractivity (Wildman–Crippen MR) is 124 cm³/mol. The Kier molecular flexibility index (Phi) is 5.54. The number of carbonyl (C=O) groups excluding carboxylic acids is 1. The molecule has 1 aliphatic heterocycles. The van der Waals surface area contributed by atoms with E-state index in [0.717, 1.165) is 11.3 Å². The lowest BCUT2D eigenvalue weighted by molar-refractivity contribution is -0.125. The molecule has 0 spiro atoms. The number of likely N-dealkylation sites (tertiary alicyclic amines) is 1. The van der Waals surface area contributed by atoms with Gasteiger partial charge in [-0.2, -0.15) is 0 Å². The Morgan fingerprint density at radius 3 is 2.48 bits per heavy atom. The molecule has 1 amide bonds. The van der Waals surface area contributed by atoms with Gasteiger partial charge in [0.05, 0.1) is 0 Å². The Morgan fingerprint density at radius 2 is 1.77 bits per heavy atom. The number of hydrogen-bond donors (Lipinski definition) is 4. The van der Waals surface area contributed by atoms with Crippen molar-refractivity contribution in [2.24, 2.45) is 5.73 Å². The summed E-state index contributed by atoms with van der Waals surface area (Å²) in [5, 5.41) is 10.1. The number of nitrogens with zero attached hydrogens (tertiary/aromatic N) is 1. The predicted octanol–water partition coefficient (Wildman–Crippen LogP) is 3.65. The second-order valence-electron chi connectivity index (χ2n) is 7.78. The molecule has 6 N–H and O–H groups in total. The van der Waals surface area contributed by atoms with Crippen molar-refractivity contribution < 1.29 is 9.90 Å². The van der Waals surface area contributed by atoms with Crippen molar-refractivity contribution in [2.75, 3.05) is 18.8 Å². The number of nitrogens with one attached hydrogen (secondary N) is 1. The number of hydrogen-bond acceptors (Lipinski definition) is 4. The minimum atomic E-state index is -0.0770. The summed E-state index contributed by atoms with van der Waals surface area (Å²) < 4.78 is 0. The lowest BCUT2D eigenvalue weighted by Gasteiger charge is -2.17. The molecule has 2 unspecified atom stereocenters. The molecular weight excluding hydrogens is 388 g/mol. The Hall–Kier alpha value is -3.93. The number of aromatic amines is 1. The molecule has 1 saturated heterocycles. The first-order chi connectivity index (χ1) is 15.0. The first-order valence-electron chi connectivity index (χ1n) is 10.2. The van der Waals surface area contributed by atoms with E-state index >= 15 is 0 Å². The Bertz CT molecular complexity index is 1130. The number of carbonyl (C=O) groups is 1. The molecule has 1 aromatic heterocycles. The van der Waals surface area contributed by atoms with Crippen molar-refractivity contribution in [2.45, 2.75) is 11.8 Å². The first kappa shape index (κ1) is 20.3. The van der Waals surface area contributed by atoms with Crippen molar-refractivity contribution in [1.82, 2.24) is 9.88 Å². The molecule has 158 valence electrons. The molecule has 0 saturated carbocycles. The highest BCUT2D eigenvalue weighted by molar-refractivity contribution is 5.87. The van der Waals surface area contributed by atoms with Crippen LogP contribution < -0.4 is 11.5 Å². The maximum Gasteiger partial charge on any atom is 0.245 e. The smallest absolute Gasteiger partial charge is 0.245 e. The summed E-state index contributed by atoms with van der Waals surface area (Å²) in [5.74, 6) is 0.724. The Labute approximate surface area is 181 Å². The van der Waals surface area contributed by atoms with Crippen molar-refractivity contribution in [3.8, 4) is 5.75 Å². The van der Waals surface area contributed by atoms with Gasteiger partial charge in [0.25, 0.3) is 0 Å². The largest absolute Gasteiger partial charge is 0.507 e. The van der Waals surface area contributed by atoms with Gasteiger partial charge in [0.15, 0.2) is 0 Å². The van der Waals surface area contributed by atoms with E-state index in [1.807, 2.05) is 35.2 Å². The van der Waals surface area contributed by atoms with E-state index in [2.05, 4.69) is 23.7 Å². The summed E-state index contributed by atoms with van der Waals surface area (Å²) in [6.07, 6.45) is 3.11. The van der Waals surface area contributed by atoms with Gasteiger partial charge in [0.1, 0.15) is 11.6 Å². The van der Waals surface area contributed by atoms with E-state index in [1.165, 1.54) is 11.6 Å². The molecule has 1 aliphatic rings. The standard InChI is InChI=1S/C25H26N4O2/c1-2-24(31)29-14-19(16-8-4-3-5-9-16)20(15-29)22-13-17(25(27)28-22)12-21(26)18-10-6-7-11-23(18)30/h2-13,19-20,28,30H,1,14-15,26-27H2/b21-12-. The molecule has 0 aliphatic carbocycles. The highest BCUT2D eigenvalue weighted by atomic mass is 16.3. The van der Waals surface area contributed by atoms with Crippen LogP contribution in [0.15, 0.2) is 73.3 Å². The summed E-state index contributed by atoms with van der Waals surface area (Å²) in [5.41, 5.74) is 16.3. The minimum Gasteiger partial charge on any atom is -0.507 e. The fourth-order valence-corrected chi connectivity index (χ4v) is 4.26. The van der Waals surface area contributed by atoms with Crippen LogP contribution in [0.1, 0.15) is 34.2 Å². The summed E-state index contributed by atoms with van der Waals surface area (Å²) in [6, 6.07) is 19.1. The van der Waals surface area contributed by atoms with Crippen molar-refractivity contribution >= 4 is 23.5 Å². The maximum absolute atomic E-state index is 12.3. The van der Waals surface area contributed by atoms with Crippen LogP contribution in [0, 0.1) is 0 Å². The van der Waals surface area contributed by atoms with Crippen LogP contribution in [0.2, 0.25) is 0 Å². The average Bonchev–Trinajstić information content (AvgIpc) is 3.38. The maximum atomic E-state index is 12.3. The quantitative estimate of drug-likeness (QED) is 0.478. The number of para-hydroxylation sites is 1. The van der Waals surface area contributed by atoms with Crippen LogP contribution in [-0.2, 0) is 4.79 Å². The number of aromatic hydroxyl groups is 1. The normalized spacial score (nSPS) is 18.8.